The van der Waals surface area contributed by atoms with Gasteiger partial charge in [0.25, 0.3) is 5.91 Å². The maximum absolute atomic E-state index is 13.5. The number of halogens is 1. The number of amides is 1. The van der Waals surface area contributed by atoms with Crippen molar-refractivity contribution in [1.82, 2.24) is 9.88 Å². The normalized spacial score (nSPS) is 19.7. The van der Waals surface area contributed by atoms with Crippen LogP contribution in [0.15, 0.2) is 68.9 Å². The van der Waals surface area contributed by atoms with E-state index in [1.54, 1.807) is 6.08 Å². The van der Waals surface area contributed by atoms with Crippen molar-refractivity contribution in [2.75, 3.05) is 0 Å². The smallest absolute Gasteiger partial charge is 0.267 e. The number of rotatable bonds is 4. The molecule has 5 nitrogen and oxygen atoms in total. The van der Waals surface area contributed by atoms with Crippen molar-refractivity contribution in [2.45, 2.75) is 45.1 Å². The highest BCUT2D eigenvalue weighted by Crippen LogP contribution is 2.39. The molecule has 1 aliphatic carbocycles. The van der Waals surface area contributed by atoms with Gasteiger partial charge in [0.05, 0.1) is 9.93 Å². The van der Waals surface area contributed by atoms with Gasteiger partial charge in [0.1, 0.15) is 11.5 Å². The number of aryl methyl sites for hydroxylation is 1. The van der Waals surface area contributed by atoms with E-state index in [-0.39, 0.29) is 11.9 Å². The zero-order valence-electron chi connectivity index (χ0n) is 18.3. The average molecular weight is 478 g/mol. The van der Waals surface area contributed by atoms with Crippen molar-refractivity contribution in [3.8, 4) is 11.3 Å². The Morgan fingerprint density at radius 2 is 1.91 bits per heavy atom. The summed E-state index contributed by atoms with van der Waals surface area (Å²) in [6, 6.07) is 17.2. The van der Waals surface area contributed by atoms with Gasteiger partial charge in [-0.2, -0.15) is 0 Å². The third-order valence-corrected chi connectivity index (χ3v) is 7.21. The topological polar surface area (TPSA) is 58.7 Å². The Hall–Kier alpha value is -2.83. The molecule has 2 aliphatic rings. The summed E-state index contributed by atoms with van der Waals surface area (Å²) in [5, 5.41) is 1.31. The number of benzene rings is 1. The fourth-order valence-corrected chi connectivity index (χ4v) is 5.54. The lowest BCUT2D eigenvalue weighted by molar-refractivity contribution is -0.124. The molecule has 5 rings (SSSR count). The molecule has 0 spiro atoms. The first-order valence-electron chi connectivity index (χ1n) is 11.2. The summed E-state index contributed by atoms with van der Waals surface area (Å²) in [7, 11) is 0. The molecule has 1 aliphatic heterocycles. The summed E-state index contributed by atoms with van der Waals surface area (Å²) < 4.78 is 6.01. The number of pyridine rings is 1. The summed E-state index contributed by atoms with van der Waals surface area (Å²) in [4.78, 5) is 25.2. The van der Waals surface area contributed by atoms with Crippen molar-refractivity contribution in [3.05, 3.63) is 76.0 Å². The summed E-state index contributed by atoms with van der Waals surface area (Å²) in [6.07, 6.45) is 7.28. The summed E-state index contributed by atoms with van der Waals surface area (Å²) >= 11 is 7.70. The van der Waals surface area contributed by atoms with Crippen LogP contribution in [0.4, 0.5) is 5.82 Å². The Kier molecular flexibility index (Phi) is 6.38. The number of carbonyl (C=O) groups excluding carboxylic acids is 1. The molecular formula is C26H24ClN3O2S. The molecule has 1 saturated heterocycles. The van der Waals surface area contributed by atoms with Crippen LogP contribution < -0.4 is 0 Å². The molecule has 1 amide bonds. The Balaban J connectivity index is 1.48. The fraction of sp³-hybridized carbons (Fsp3) is 0.269. The van der Waals surface area contributed by atoms with Crippen LogP contribution in [0.2, 0.25) is 5.02 Å². The Morgan fingerprint density at radius 3 is 2.70 bits per heavy atom. The van der Waals surface area contributed by atoms with Crippen molar-refractivity contribution in [2.24, 2.45) is 4.99 Å². The highest BCUT2D eigenvalue weighted by atomic mass is 35.5. The second-order valence-electron chi connectivity index (χ2n) is 8.29. The largest absolute Gasteiger partial charge is 0.457 e. The number of furan rings is 1. The van der Waals surface area contributed by atoms with Crippen LogP contribution in [-0.2, 0) is 4.79 Å². The monoisotopic (exact) mass is 477 g/mol. The second-order valence-corrected chi connectivity index (χ2v) is 9.71. The molecule has 2 aromatic heterocycles. The van der Waals surface area contributed by atoms with Gasteiger partial charge in [0.15, 0.2) is 11.0 Å². The van der Waals surface area contributed by atoms with Crippen molar-refractivity contribution in [3.63, 3.8) is 0 Å². The van der Waals surface area contributed by atoms with E-state index in [0.29, 0.717) is 32.4 Å². The minimum Gasteiger partial charge on any atom is -0.457 e. The van der Waals surface area contributed by atoms with Gasteiger partial charge in [-0.25, -0.2) is 9.98 Å². The maximum atomic E-state index is 13.5. The van der Waals surface area contributed by atoms with Gasteiger partial charge < -0.3 is 4.42 Å². The molecule has 0 bridgehead atoms. The number of hydrogen-bond donors (Lipinski definition) is 0. The molecule has 33 heavy (non-hydrogen) atoms. The molecule has 0 unspecified atom stereocenters. The van der Waals surface area contributed by atoms with E-state index in [2.05, 4.69) is 4.98 Å². The van der Waals surface area contributed by atoms with Gasteiger partial charge >= 0.3 is 0 Å². The summed E-state index contributed by atoms with van der Waals surface area (Å²) in [5.74, 6) is 1.88. The van der Waals surface area contributed by atoms with Gasteiger partial charge in [-0.05, 0) is 67.9 Å². The minimum absolute atomic E-state index is 0.0194. The fourth-order valence-electron chi connectivity index (χ4n) is 4.28. The number of aliphatic imine (C=N–C) groups is 1. The lowest BCUT2D eigenvalue weighted by Crippen LogP contribution is -2.40. The van der Waals surface area contributed by atoms with E-state index < -0.39 is 0 Å². The summed E-state index contributed by atoms with van der Waals surface area (Å²) in [5.41, 5.74) is 1.72. The molecule has 0 radical (unpaired) electrons. The highest BCUT2D eigenvalue weighted by molar-refractivity contribution is 8.18. The maximum Gasteiger partial charge on any atom is 0.267 e. The third-order valence-electron chi connectivity index (χ3n) is 5.90. The number of aromatic nitrogens is 1. The van der Waals surface area contributed by atoms with Crippen LogP contribution in [0.3, 0.4) is 0 Å². The minimum atomic E-state index is -0.0194. The molecule has 3 heterocycles. The molecule has 7 heteroatoms. The molecule has 1 aromatic carbocycles. The van der Waals surface area contributed by atoms with E-state index in [4.69, 9.17) is 21.0 Å². The first-order valence-corrected chi connectivity index (χ1v) is 12.4. The predicted octanol–water partition coefficient (Wildman–Crippen LogP) is 7.24. The second kappa shape index (κ2) is 9.57. The molecule has 1 saturated carbocycles. The molecule has 168 valence electrons. The molecular weight excluding hydrogens is 454 g/mol. The molecule has 3 aromatic rings. The van der Waals surface area contributed by atoms with E-state index in [0.717, 1.165) is 36.9 Å². The van der Waals surface area contributed by atoms with Gasteiger partial charge in [-0.3, -0.25) is 9.69 Å². The predicted molar refractivity (Wildman–Crippen MR) is 135 cm³/mol. The lowest BCUT2D eigenvalue weighted by Gasteiger charge is -2.30. The van der Waals surface area contributed by atoms with E-state index >= 15 is 0 Å². The Labute approximate surface area is 202 Å². The number of amidine groups is 1. The number of hydrogen-bond acceptors (Lipinski definition) is 5. The average Bonchev–Trinajstić information content (AvgIpc) is 3.39. The van der Waals surface area contributed by atoms with Gasteiger partial charge in [-0.15, -0.1) is 0 Å². The number of nitrogens with zero attached hydrogens (tertiary/aromatic N) is 3. The van der Waals surface area contributed by atoms with Crippen molar-refractivity contribution in [1.29, 1.82) is 0 Å². The SMILES string of the molecule is Cc1cccc(/N=C2/S/C(=C/c3ccc(-c4ccccc4Cl)o3)C(=O)N2C2CCCCC2)n1. The highest BCUT2D eigenvalue weighted by Gasteiger charge is 2.39. The van der Waals surface area contributed by atoms with Crippen LogP contribution in [0, 0.1) is 6.92 Å². The van der Waals surface area contributed by atoms with Crippen molar-refractivity contribution >= 4 is 46.3 Å². The van der Waals surface area contributed by atoms with Crippen LogP contribution >= 0.6 is 23.4 Å². The van der Waals surface area contributed by atoms with Gasteiger partial charge in [0.2, 0.25) is 0 Å². The lowest BCUT2D eigenvalue weighted by atomic mass is 9.94. The quantitative estimate of drug-likeness (QED) is 0.371. The third kappa shape index (κ3) is 4.77. The standard InChI is InChI=1S/C26H24ClN3O2S/c1-17-8-7-13-24(28-17)29-26-30(18-9-3-2-4-10-18)25(31)23(33-26)16-19-14-15-22(32-19)20-11-5-6-12-21(20)27/h5-8,11-16,18H,2-4,9-10H2,1H3/b23-16+,29-26+. The van der Waals surface area contributed by atoms with Crippen LogP contribution in [0.1, 0.15) is 43.6 Å². The summed E-state index contributed by atoms with van der Waals surface area (Å²) in [6.45, 7) is 1.94. The zero-order chi connectivity index (χ0) is 22.8. The first kappa shape index (κ1) is 22.0. The number of carbonyl (C=O) groups is 1. The van der Waals surface area contributed by atoms with E-state index in [1.807, 2.05) is 66.4 Å². The van der Waals surface area contributed by atoms with Crippen LogP contribution in [0.25, 0.3) is 17.4 Å². The van der Waals surface area contributed by atoms with Crippen molar-refractivity contribution < 1.29 is 9.21 Å². The number of thioether (sulfide) groups is 1. The molecule has 2 fully saturated rings. The van der Waals surface area contributed by atoms with Crippen LogP contribution in [0.5, 0.6) is 0 Å². The van der Waals surface area contributed by atoms with E-state index in [9.17, 15) is 4.79 Å². The molecule has 0 atom stereocenters. The van der Waals surface area contributed by atoms with Crippen LogP contribution in [-0.4, -0.2) is 27.0 Å². The van der Waals surface area contributed by atoms with Gasteiger partial charge in [-0.1, -0.05) is 49.1 Å². The Morgan fingerprint density at radius 1 is 1.09 bits per heavy atom. The first-order chi connectivity index (χ1) is 16.1. The van der Waals surface area contributed by atoms with Gasteiger partial charge in [0, 0.05) is 23.4 Å². The molecule has 0 N–H and O–H groups in total. The Bertz CT molecular complexity index is 1240. The van der Waals surface area contributed by atoms with E-state index in [1.165, 1.54) is 18.2 Å². The zero-order valence-corrected chi connectivity index (χ0v) is 19.9.